The second-order valence-electron chi connectivity index (χ2n) is 4.33. The third kappa shape index (κ3) is 3.69. The van der Waals surface area contributed by atoms with E-state index in [4.69, 9.17) is 9.84 Å². The maximum atomic E-state index is 12.0. The van der Waals surface area contributed by atoms with Gasteiger partial charge >= 0.3 is 0 Å². The highest BCUT2D eigenvalue weighted by molar-refractivity contribution is 7.89. The Morgan fingerprint density at radius 2 is 1.83 bits per heavy atom. The molecule has 0 amide bonds. The minimum absolute atomic E-state index is 0.0167. The van der Waals surface area contributed by atoms with Gasteiger partial charge in [-0.25, -0.2) is 13.1 Å². The lowest BCUT2D eigenvalue weighted by Crippen LogP contribution is -2.41. The van der Waals surface area contributed by atoms with E-state index in [0.29, 0.717) is 5.75 Å². The molecule has 102 valence electrons. The van der Waals surface area contributed by atoms with E-state index in [-0.39, 0.29) is 17.4 Å². The molecule has 6 heteroatoms. The van der Waals surface area contributed by atoms with E-state index in [9.17, 15) is 8.42 Å². The monoisotopic (exact) mass is 273 g/mol. The fourth-order valence-electron chi connectivity index (χ4n) is 1.41. The van der Waals surface area contributed by atoms with Crippen molar-refractivity contribution >= 4 is 10.0 Å². The topological polar surface area (TPSA) is 75.6 Å². The van der Waals surface area contributed by atoms with Gasteiger partial charge in [-0.3, -0.25) is 0 Å². The van der Waals surface area contributed by atoms with Crippen molar-refractivity contribution in [2.75, 3.05) is 13.7 Å². The average molecular weight is 273 g/mol. The molecule has 0 spiro atoms. The second kappa shape index (κ2) is 6.17. The highest BCUT2D eigenvalue weighted by atomic mass is 32.2. The van der Waals surface area contributed by atoms with Gasteiger partial charge in [0.05, 0.1) is 18.6 Å². The molecule has 1 aromatic carbocycles. The molecular formula is C12H19NO4S. The average Bonchev–Trinajstić information content (AvgIpc) is 2.35. The zero-order chi connectivity index (χ0) is 13.8. The van der Waals surface area contributed by atoms with Crippen LogP contribution in [-0.4, -0.2) is 33.3 Å². The van der Waals surface area contributed by atoms with Gasteiger partial charge in [-0.15, -0.1) is 0 Å². The van der Waals surface area contributed by atoms with Crippen LogP contribution in [0.25, 0.3) is 0 Å². The number of hydrogen-bond donors (Lipinski definition) is 2. The largest absolute Gasteiger partial charge is 0.497 e. The Labute approximate surface area is 108 Å². The van der Waals surface area contributed by atoms with Crippen LogP contribution in [0.1, 0.15) is 13.8 Å². The Bertz CT molecular complexity index is 467. The number of sulfonamides is 1. The minimum Gasteiger partial charge on any atom is -0.497 e. The molecule has 2 N–H and O–H groups in total. The highest BCUT2D eigenvalue weighted by Crippen LogP contribution is 2.16. The van der Waals surface area contributed by atoms with Gasteiger partial charge in [0.2, 0.25) is 10.0 Å². The van der Waals surface area contributed by atoms with E-state index in [1.165, 1.54) is 19.2 Å². The summed E-state index contributed by atoms with van der Waals surface area (Å²) in [5.74, 6) is 0.611. The van der Waals surface area contributed by atoms with Crippen molar-refractivity contribution in [2.45, 2.75) is 24.8 Å². The summed E-state index contributed by atoms with van der Waals surface area (Å²) in [5, 5.41) is 9.14. The predicted octanol–water partition coefficient (Wildman–Crippen LogP) is 0.990. The van der Waals surface area contributed by atoms with Gasteiger partial charge < -0.3 is 9.84 Å². The predicted molar refractivity (Wildman–Crippen MR) is 69.0 cm³/mol. The molecule has 0 aliphatic heterocycles. The van der Waals surface area contributed by atoms with Crippen LogP contribution >= 0.6 is 0 Å². The van der Waals surface area contributed by atoms with Crippen LogP contribution in [0.3, 0.4) is 0 Å². The first kappa shape index (κ1) is 14.9. The summed E-state index contributed by atoms with van der Waals surface area (Å²) in [6.45, 7) is 3.46. The van der Waals surface area contributed by atoms with E-state index in [1.807, 2.05) is 13.8 Å². The molecule has 0 heterocycles. The standard InChI is InChI=1S/C12H19NO4S/c1-9(2)12(8-14)13-18(15,16)11-6-4-10(17-3)5-7-11/h4-7,9,12-14H,8H2,1-3H3/t12-/m1/s1. The molecule has 1 aromatic rings. The summed E-state index contributed by atoms with van der Waals surface area (Å²) in [7, 11) is -2.09. The van der Waals surface area contributed by atoms with Crippen LogP contribution in [0.4, 0.5) is 0 Å². The van der Waals surface area contributed by atoms with Crippen LogP contribution in [0, 0.1) is 5.92 Å². The third-order valence-corrected chi connectivity index (χ3v) is 4.18. The third-order valence-electron chi connectivity index (χ3n) is 2.68. The van der Waals surface area contributed by atoms with Gasteiger partial charge in [0.25, 0.3) is 0 Å². The van der Waals surface area contributed by atoms with E-state index < -0.39 is 16.1 Å². The molecule has 0 saturated heterocycles. The summed E-state index contributed by atoms with van der Waals surface area (Å²) in [5.41, 5.74) is 0. The zero-order valence-corrected chi connectivity index (χ0v) is 11.6. The first-order chi connectivity index (χ1) is 8.40. The first-order valence-electron chi connectivity index (χ1n) is 5.68. The van der Waals surface area contributed by atoms with Gasteiger partial charge in [0.15, 0.2) is 0 Å². The van der Waals surface area contributed by atoms with Crippen molar-refractivity contribution in [2.24, 2.45) is 5.92 Å². The van der Waals surface area contributed by atoms with Crippen molar-refractivity contribution in [3.05, 3.63) is 24.3 Å². The lowest BCUT2D eigenvalue weighted by molar-refractivity contribution is 0.227. The Morgan fingerprint density at radius 3 is 2.22 bits per heavy atom. The molecular weight excluding hydrogens is 254 g/mol. The van der Waals surface area contributed by atoms with Crippen molar-refractivity contribution < 1.29 is 18.3 Å². The van der Waals surface area contributed by atoms with Gasteiger partial charge in [-0.1, -0.05) is 13.8 Å². The Hall–Kier alpha value is -1.11. The van der Waals surface area contributed by atoms with Gasteiger partial charge in [-0.2, -0.15) is 0 Å². The van der Waals surface area contributed by atoms with Crippen molar-refractivity contribution in [3.63, 3.8) is 0 Å². The lowest BCUT2D eigenvalue weighted by atomic mass is 10.1. The number of aliphatic hydroxyl groups is 1. The number of aliphatic hydroxyl groups excluding tert-OH is 1. The molecule has 0 aliphatic rings. The molecule has 1 atom stereocenters. The Kier molecular flexibility index (Phi) is 5.13. The molecule has 0 radical (unpaired) electrons. The summed E-state index contributed by atoms with van der Waals surface area (Å²) in [6, 6.07) is 5.61. The number of nitrogens with one attached hydrogen (secondary N) is 1. The van der Waals surface area contributed by atoms with E-state index in [1.54, 1.807) is 12.1 Å². The van der Waals surface area contributed by atoms with Crippen molar-refractivity contribution in [1.82, 2.24) is 4.72 Å². The van der Waals surface area contributed by atoms with E-state index in [2.05, 4.69) is 4.72 Å². The summed E-state index contributed by atoms with van der Waals surface area (Å²) < 4.78 is 31.5. The van der Waals surface area contributed by atoms with Crippen LogP contribution in [-0.2, 0) is 10.0 Å². The van der Waals surface area contributed by atoms with Crippen molar-refractivity contribution in [1.29, 1.82) is 0 Å². The van der Waals surface area contributed by atoms with Crippen LogP contribution < -0.4 is 9.46 Å². The fourth-order valence-corrected chi connectivity index (χ4v) is 2.78. The highest BCUT2D eigenvalue weighted by Gasteiger charge is 2.21. The SMILES string of the molecule is COc1ccc(S(=O)(=O)N[C@H](CO)C(C)C)cc1. The normalized spacial score (nSPS) is 13.6. The maximum Gasteiger partial charge on any atom is 0.240 e. The lowest BCUT2D eigenvalue weighted by Gasteiger charge is -2.19. The summed E-state index contributed by atoms with van der Waals surface area (Å²) in [6.07, 6.45) is 0. The molecule has 0 saturated carbocycles. The van der Waals surface area contributed by atoms with Crippen molar-refractivity contribution in [3.8, 4) is 5.75 Å². The molecule has 0 aromatic heterocycles. The molecule has 5 nitrogen and oxygen atoms in total. The smallest absolute Gasteiger partial charge is 0.240 e. The first-order valence-corrected chi connectivity index (χ1v) is 7.16. The van der Waals surface area contributed by atoms with Gasteiger partial charge in [0.1, 0.15) is 5.75 Å². The molecule has 0 fully saturated rings. The van der Waals surface area contributed by atoms with Gasteiger partial charge in [-0.05, 0) is 30.2 Å². The zero-order valence-electron chi connectivity index (χ0n) is 10.8. The molecule has 1 rings (SSSR count). The fraction of sp³-hybridized carbons (Fsp3) is 0.500. The number of benzene rings is 1. The molecule has 0 bridgehead atoms. The maximum absolute atomic E-state index is 12.0. The Balaban J connectivity index is 2.91. The van der Waals surface area contributed by atoms with E-state index >= 15 is 0 Å². The molecule has 18 heavy (non-hydrogen) atoms. The second-order valence-corrected chi connectivity index (χ2v) is 6.04. The van der Waals surface area contributed by atoms with Crippen LogP contribution in [0.5, 0.6) is 5.75 Å². The van der Waals surface area contributed by atoms with Crippen LogP contribution in [0.15, 0.2) is 29.2 Å². The summed E-state index contributed by atoms with van der Waals surface area (Å²) in [4.78, 5) is 0.155. The molecule has 0 aliphatic carbocycles. The van der Waals surface area contributed by atoms with Gasteiger partial charge in [0, 0.05) is 6.04 Å². The number of ether oxygens (including phenoxy) is 1. The number of methoxy groups -OCH3 is 1. The molecule has 0 unspecified atom stereocenters. The summed E-state index contributed by atoms with van der Waals surface area (Å²) >= 11 is 0. The van der Waals surface area contributed by atoms with Crippen LogP contribution in [0.2, 0.25) is 0 Å². The van der Waals surface area contributed by atoms with E-state index in [0.717, 1.165) is 0 Å². The quantitative estimate of drug-likeness (QED) is 0.810. The minimum atomic E-state index is -3.61. The number of hydrogen-bond acceptors (Lipinski definition) is 4. The number of rotatable bonds is 6. The Morgan fingerprint density at radius 1 is 1.28 bits per heavy atom.